The summed E-state index contributed by atoms with van der Waals surface area (Å²) in [6.07, 6.45) is 3.06. The Morgan fingerprint density at radius 2 is 1.05 bits per heavy atom. The largest absolute Gasteiger partial charge is 0.462 e. The lowest BCUT2D eigenvalue weighted by molar-refractivity contribution is -0.140. The molecular weight excluding hydrogens is 256 g/mol. The second-order valence-corrected chi connectivity index (χ2v) is 3.34. The fraction of sp³-hybridized carbons (Fsp3) is 0.250. The number of esters is 2. The number of rotatable bonds is 4. The lowest BCUT2D eigenvalue weighted by Gasteiger charge is -1.90. The molecule has 0 fully saturated rings. The molecule has 0 atom stereocenters. The van der Waals surface area contributed by atoms with Crippen molar-refractivity contribution in [1.29, 1.82) is 0 Å². The van der Waals surface area contributed by atoms with Gasteiger partial charge in [-0.05, 0) is 0 Å². The van der Waals surface area contributed by atoms with Crippen molar-refractivity contribution in [3.63, 3.8) is 0 Å². The van der Waals surface area contributed by atoms with Crippen molar-refractivity contribution in [2.45, 2.75) is 13.8 Å². The molecule has 0 saturated heterocycles. The first-order valence-electron chi connectivity index (χ1n) is 6.03. The van der Waals surface area contributed by atoms with Gasteiger partial charge in [-0.25, -0.2) is 0 Å². The fourth-order valence-electron chi connectivity index (χ4n) is 0.737. The predicted molar refractivity (Wildman–Crippen MR) is 80.1 cm³/mol. The Bertz CT molecular complexity index is 323. The van der Waals surface area contributed by atoms with E-state index >= 15 is 0 Å². The maximum absolute atomic E-state index is 9.93. The highest BCUT2D eigenvalue weighted by Gasteiger charge is 1.84. The topological polar surface area (TPSA) is 52.6 Å². The summed E-state index contributed by atoms with van der Waals surface area (Å²) in [5.74, 6) is -0.528. The summed E-state index contributed by atoms with van der Waals surface area (Å²) >= 11 is 0. The lowest BCUT2D eigenvalue weighted by Crippen LogP contribution is -1.96. The second-order valence-electron chi connectivity index (χ2n) is 3.34. The molecule has 0 bridgehead atoms. The summed E-state index contributed by atoms with van der Waals surface area (Å²) in [5.41, 5.74) is 0. The molecule has 0 saturated carbocycles. The molecule has 0 aliphatic heterocycles. The molecule has 20 heavy (non-hydrogen) atoms. The van der Waals surface area contributed by atoms with E-state index in [1.54, 1.807) is 0 Å². The lowest BCUT2D eigenvalue weighted by atomic mass is 10.4. The molecule has 4 nitrogen and oxygen atoms in total. The SMILES string of the molecule is C=CCOC(C)=O.C=CCOC(C)=O.c1ccccc1. The van der Waals surface area contributed by atoms with Crippen LogP contribution < -0.4 is 0 Å². The number of carbonyl (C=O) groups is 2. The molecule has 0 aliphatic rings. The normalized spacial score (nSPS) is 7.70. The molecule has 110 valence electrons. The molecule has 0 aliphatic carbocycles. The summed E-state index contributed by atoms with van der Waals surface area (Å²) in [6, 6.07) is 12.0. The number of hydrogen-bond donors (Lipinski definition) is 0. The summed E-state index contributed by atoms with van der Waals surface area (Å²) in [6.45, 7) is 10.1. The van der Waals surface area contributed by atoms with Gasteiger partial charge < -0.3 is 9.47 Å². The molecule has 0 heterocycles. The van der Waals surface area contributed by atoms with Gasteiger partial charge in [-0.1, -0.05) is 61.7 Å². The molecule has 0 unspecified atom stereocenters. The molecule has 0 aromatic heterocycles. The standard InChI is InChI=1S/C6H6.2C5H8O2/c1-2-4-6-5-3-1;2*1-3-4-7-5(2)6/h1-6H;2*3H,1,4H2,2H3. The Kier molecular flexibility index (Phi) is 16.6. The first-order chi connectivity index (χ1) is 9.54. The quantitative estimate of drug-likeness (QED) is 0.627. The monoisotopic (exact) mass is 278 g/mol. The minimum Gasteiger partial charge on any atom is -0.462 e. The zero-order valence-corrected chi connectivity index (χ0v) is 12.1. The summed E-state index contributed by atoms with van der Waals surface area (Å²) in [4.78, 5) is 19.9. The van der Waals surface area contributed by atoms with E-state index in [1.807, 2.05) is 36.4 Å². The van der Waals surface area contributed by atoms with Gasteiger partial charge in [0, 0.05) is 13.8 Å². The van der Waals surface area contributed by atoms with Crippen molar-refractivity contribution < 1.29 is 19.1 Å². The highest BCUT2D eigenvalue weighted by Crippen LogP contribution is 1.80. The van der Waals surface area contributed by atoms with Gasteiger partial charge in [0.05, 0.1) is 0 Å². The summed E-state index contributed by atoms with van der Waals surface area (Å²) in [5, 5.41) is 0. The van der Waals surface area contributed by atoms with Crippen LogP contribution in [0.3, 0.4) is 0 Å². The average molecular weight is 278 g/mol. The van der Waals surface area contributed by atoms with Crippen molar-refractivity contribution in [3.8, 4) is 0 Å². The maximum Gasteiger partial charge on any atom is 0.302 e. The zero-order chi connectivity index (χ0) is 15.6. The van der Waals surface area contributed by atoms with Gasteiger partial charge in [0.1, 0.15) is 13.2 Å². The fourth-order valence-corrected chi connectivity index (χ4v) is 0.737. The first-order valence-corrected chi connectivity index (χ1v) is 6.03. The van der Waals surface area contributed by atoms with Gasteiger partial charge in [0.15, 0.2) is 0 Å². The zero-order valence-electron chi connectivity index (χ0n) is 12.1. The molecule has 1 aromatic rings. The predicted octanol–water partition coefficient (Wildman–Crippen LogP) is 3.16. The summed E-state index contributed by atoms with van der Waals surface area (Å²) in [7, 11) is 0. The van der Waals surface area contributed by atoms with E-state index in [0.29, 0.717) is 13.2 Å². The molecule has 1 aromatic carbocycles. The third-order valence-corrected chi connectivity index (χ3v) is 1.48. The highest BCUT2D eigenvalue weighted by molar-refractivity contribution is 5.66. The first kappa shape index (κ1) is 20.0. The van der Waals surface area contributed by atoms with Gasteiger partial charge in [-0.2, -0.15) is 0 Å². The van der Waals surface area contributed by atoms with Gasteiger partial charge >= 0.3 is 11.9 Å². The number of carbonyl (C=O) groups excluding carboxylic acids is 2. The van der Waals surface area contributed by atoms with Crippen LogP contribution in [0, 0.1) is 0 Å². The Morgan fingerprint density at radius 3 is 1.15 bits per heavy atom. The van der Waals surface area contributed by atoms with Gasteiger partial charge in [0.25, 0.3) is 0 Å². The molecule has 0 radical (unpaired) electrons. The van der Waals surface area contributed by atoms with Gasteiger partial charge in [-0.15, -0.1) is 0 Å². The van der Waals surface area contributed by atoms with Crippen molar-refractivity contribution in [2.75, 3.05) is 13.2 Å². The molecule has 0 spiro atoms. The van der Waals surface area contributed by atoms with Crippen LogP contribution >= 0.6 is 0 Å². The molecule has 0 N–H and O–H groups in total. The Morgan fingerprint density at radius 1 is 0.800 bits per heavy atom. The smallest absolute Gasteiger partial charge is 0.302 e. The minimum atomic E-state index is -0.264. The van der Waals surface area contributed by atoms with Gasteiger partial charge in [-0.3, -0.25) is 9.59 Å². The number of hydrogen-bond acceptors (Lipinski definition) is 4. The van der Waals surface area contributed by atoms with Crippen molar-refractivity contribution in [2.24, 2.45) is 0 Å². The van der Waals surface area contributed by atoms with Crippen LogP contribution in [0.4, 0.5) is 0 Å². The van der Waals surface area contributed by atoms with Crippen molar-refractivity contribution >= 4 is 11.9 Å². The van der Waals surface area contributed by atoms with Crippen molar-refractivity contribution in [1.82, 2.24) is 0 Å². The van der Waals surface area contributed by atoms with Crippen LogP contribution in [0.2, 0.25) is 0 Å². The summed E-state index contributed by atoms with van der Waals surface area (Å²) < 4.78 is 8.87. The molecule has 1 rings (SSSR count). The van der Waals surface area contributed by atoms with E-state index in [0.717, 1.165) is 0 Å². The average Bonchev–Trinajstić information content (AvgIpc) is 2.46. The van der Waals surface area contributed by atoms with Crippen LogP contribution in [0.5, 0.6) is 0 Å². The van der Waals surface area contributed by atoms with Crippen LogP contribution in [0.15, 0.2) is 61.7 Å². The minimum absolute atomic E-state index is 0.264. The van der Waals surface area contributed by atoms with E-state index in [9.17, 15) is 9.59 Å². The van der Waals surface area contributed by atoms with E-state index < -0.39 is 0 Å². The number of benzene rings is 1. The second kappa shape index (κ2) is 16.6. The van der Waals surface area contributed by atoms with Crippen LogP contribution in [0.1, 0.15) is 13.8 Å². The van der Waals surface area contributed by atoms with Crippen LogP contribution in [-0.2, 0) is 19.1 Å². The third-order valence-electron chi connectivity index (χ3n) is 1.48. The van der Waals surface area contributed by atoms with Crippen LogP contribution in [0.25, 0.3) is 0 Å². The Hall–Kier alpha value is -2.36. The van der Waals surface area contributed by atoms with Crippen LogP contribution in [-0.4, -0.2) is 25.2 Å². The number of ether oxygens (including phenoxy) is 2. The molecular formula is C16H22O4. The maximum atomic E-state index is 9.93. The molecule has 4 heteroatoms. The molecule has 0 amide bonds. The highest BCUT2D eigenvalue weighted by atomic mass is 16.5. The Labute approximate surface area is 120 Å². The van der Waals surface area contributed by atoms with E-state index in [-0.39, 0.29) is 11.9 Å². The Balaban J connectivity index is 0. The van der Waals surface area contributed by atoms with E-state index in [2.05, 4.69) is 22.6 Å². The van der Waals surface area contributed by atoms with Gasteiger partial charge in [0.2, 0.25) is 0 Å². The van der Waals surface area contributed by atoms with E-state index in [4.69, 9.17) is 0 Å². The third kappa shape index (κ3) is 24.7. The van der Waals surface area contributed by atoms with E-state index in [1.165, 1.54) is 26.0 Å². The van der Waals surface area contributed by atoms with Crippen molar-refractivity contribution in [3.05, 3.63) is 61.7 Å².